The smallest absolute Gasteiger partial charge is 0.357 e. The van der Waals surface area contributed by atoms with Gasteiger partial charge in [0.15, 0.2) is 17.3 Å². The fraction of sp³-hybridized carbons (Fsp3) is 0.526. The zero-order valence-corrected chi connectivity index (χ0v) is 17.1. The van der Waals surface area contributed by atoms with Gasteiger partial charge in [-0.15, -0.1) is 15.3 Å². The zero-order chi connectivity index (χ0) is 22.2. The predicted octanol–water partition coefficient (Wildman–Crippen LogP) is 2.99. The van der Waals surface area contributed by atoms with Crippen molar-refractivity contribution in [1.82, 2.24) is 29.8 Å². The minimum atomic E-state index is -4.63. The standard InChI is InChI=1S/C19H22F4N8/c1-3-13-16(20)17(25-11-24-13)29(2)10-12-6-8-30(9-7-12)15-5-4-14-26-27-18(19(21,22)23)31(14)28-15/h4-5,11-12H,3,6-10H2,1-2H3. The molecule has 1 fully saturated rings. The molecule has 8 nitrogen and oxygen atoms in total. The number of aryl methyl sites for hydroxylation is 1. The van der Waals surface area contributed by atoms with E-state index in [0.717, 1.165) is 17.4 Å². The van der Waals surface area contributed by atoms with Crippen molar-refractivity contribution >= 4 is 17.3 Å². The molecule has 4 heterocycles. The first-order valence-corrected chi connectivity index (χ1v) is 10.0. The SMILES string of the molecule is CCc1ncnc(N(C)CC2CCN(c3ccc4nnc(C(F)(F)F)n4n3)CC2)c1F. The highest BCUT2D eigenvalue weighted by Crippen LogP contribution is 2.29. The Kier molecular flexibility index (Phi) is 5.63. The quantitative estimate of drug-likeness (QED) is 0.567. The molecule has 166 valence electrons. The van der Waals surface area contributed by atoms with E-state index in [2.05, 4.69) is 25.3 Å². The first-order chi connectivity index (χ1) is 14.8. The maximum atomic E-state index is 14.5. The van der Waals surface area contributed by atoms with Crippen molar-refractivity contribution in [2.75, 3.05) is 36.5 Å². The lowest BCUT2D eigenvalue weighted by atomic mass is 9.96. The van der Waals surface area contributed by atoms with Crippen LogP contribution in [0.15, 0.2) is 18.5 Å². The lowest BCUT2D eigenvalue weighted by Gasteiger charge is -2.34. The van der Waals surface area contributed by atoms with Gasteiger partial charge in [0.05, 0.1) is 5.69 Å². The summed E-state index contributed by atoms with van der Waals surface area (Å²) in [5.74, 6) is -0.506. The van der Waals surface area contributed by atoms with Crippen molar-refractivity contribution in [2.45, 2.75) is 32.4 Å². The summed E-state index contributed by atoms with van der Waals surface area (Å²) in [5, 5.41) is 10.8. The highest BCUT2D eigenvalue weighted by molar-refractivity contribution is 5.46. The van der Waals surface area contributed by atoms with E-state index < -0.39 is 17.8 Å². The molecular weight excluding hydrogens is 416 g/mol. The summed E-state index contributed by atoms with van der Waals surface area (Å²) in [7, 11) is 1.80. The van der Waals surface area contributed by atoms with Crippen LogP contribution in [0, 0.1) is 11.7 Å². The van der Waals surface area contributed by atoms with Crippen LogP contribution in [0.4, 0.5) is 29.2 Å². The minimum absolute atomic E-state index is 0.0471. The van der Waals surface area contributed by atoms with Crippen molar-refractivity contribution in [3.8, 4) is 0 Å². The number of halogens is 4. The fourth-order valence-electron chi connectivity index (χ4n) is 3.85. The van der Waals surface area contributed by atoms with Crippen LogP contribution in [0.5, 0.6) is 0 Å². The van der Waals surface area contributed by atoms with Crippen LogP contribution < -0.4 is 9.80 Å². The lowest BCUT2D eigenvalue weighted by Crippen LogP contribution is -2.38. The molecule has 0 aromatic carbocycles. The molecule has 3 aromatic heterocycles. The van der Waals surface area contributed by atoms with Crippen molar-refractivity contribution in [1.29, 1.82) is 0 Å². The summed E-state index contributed by atoms with van der Waals surface area (Å²) >= 11 is 0. The lowest BCUT2D eigenvalue weighted by molar-refractivity contribution is -0.146. The maximum Gasteiger partial charge on any atom is 0.453 e. The summed E-state index contributed by atoms with van der Waals surface area (Å²) in [4.78, 5) is 11.8. The molecule has 31 heavy (non-hydrogen) atoms. The predicted molar refractivity (Wildman–Crippen MR) is 105 cm³/mol. The Morgan fingerprint density at radius 1 is 1.13 bits per heavy atom. The third-order valence-corrected chi connectivity index (χ3v) is 5.51. The molecular formula is C19H22F4N8. The fourth-order valence-corrected chi connectivity index (χ4v) is 3.85. The van der Waals surface area contributed by atoms with Crippen molar-refractivity contribution in [3.63, 3.8) is 0 Å². The van der Waals surface area contributed by atoms with E-state index in [1.165, 1.54) is 12.4 Å². The van der Waals surface area contributed by atoms with Gasteiger partial charge in [0, 0.05) is 26.7 Å². The number of hydrogen-bond donors (Lipinski definition) is 0. The number of piperidine rings is 1. The van der Waals surface area contributed by atoms with Gasteiger partial charge in [0.2, 0.25) is 0 Å². The number of fused-ring (bicyclic) bond motifs is 1. The first-order valence-electron chi connectivity index (χ1n) is 10.0. The maximum absolute atomic E-state index is 14.5. The summed E-state index contributed by atoms with van der Waals surface area (Å²) < 4.78 is 54.5. The number of rotatable bonds is 5. The van der Waals surface area contributed by atoms with Crippen LogP contribution in [0.1, 0.15) is 31.3 Å². The Balaban J connectivity index is 1.42. The summed E-state index contributed by atoms with van der Waals surface area (Å²) in [6.45, 7) is 3.73. The van der Waals surface area contributed by atoms with Gasteiger partial charge < -0.3 is 9.80 Å². The van der Waals surface area contributed by atoms with Gasteiger partial charge >= 0.3 is 6.18 Å². The van der Waals surface area contributed by atoms with Gasteiger partial charge in [-0.25, -0.2) is 14.4 Å². The van der Waals surface area contributed by atoms with Gasteiger partial charge in [-0.3, -0.25) is 0 Å². The molecule has 0 bridgehead atoms. The average Bonchev–Trinajstić information content (AvgIpc) is 3.18. The second-order valence-corrected chi connectivity index (χ2v) is 7.61. The van der Waals surface area contributed by atoms with E-state index in [0.29, 0.717) is 43.5 Å². The molecule has 4 rings (SSSR count). The Hall–Kier alpha value is -3.05. The number of anilines is 2. The van der Waals surface area contributed by atoms with E-state index in [1.54, 1.807) is 18.0 Å². The van der Waals surface area contributed by atoms with Gasteiger partial charge in [-0.1, -0.05) is 6.92 Å². The molecule has 1 aliphatic heterocycles. The number of nitrogens with zero attached hydrogens (tertiary/aromatic N) is 8. The van der Waals surface area contributed by atoms with Crippen LogP contribution in [-0.2, 0) is 12.6 Å². The minimum Gasteiger partial charge on any atom is -0.357 e. The van der Waals surface area contributed by atoms with Crippen molar-refractivity contribution in [2.24, 2.45) is 5.92 Å². The molecule has 0 unspecified atom stereocenters. The second-order valence-electron chi connectivity index (χ2n) is 7.61. The normalized spacial score (nSPS) is 15.6. The first kappa shape index (κ1) is 21.2. The molecule has 0 amide bonds. The van der Waals surface area contributed by atoms with Crippen LogP contribution in [-0.4, -0.2) is 56.5 Å². The number of hydrogen-bond acceptors (Lipinski definition) is 7. The van der Waals surface area contributed by atoms with E-state index in [4.69, 9.17) is 0 Å². The van der Waals surface area contributed by atoms with E-state index >= 15 is 0 Å². The molecule has 0 radical (unpaired) electrons. The molecule has 1 aliphatic rings. The number of alkyl halides is 3. The van der Waals surface area contributed by atoms with Crippen molar-refractivity contribution < 1.29 is 17.6 Å². The van der Waals surface area contributed by atoms with Gasteiger partial charge in [0.25, 0.3) is 5.82 Å². The Morgan fingerprint density at radius 2 is 1.87 bits per heavy atom. The largest absolute Gasteiger partial charge is 0.453 e. The van der Waals surface area contributed by atoms with E-state index in [1.807, 2.05) is 11.8 Å². The van der Waals surface area contributed by atoms with E-state index in [-0.39, 0.29) is 11.5 Å². The monoisotopic (exact) mass is 438 g/mol. The average molecular weight is 438 g/mol. The molecule has 0 aliphatic carbocycles. The third-order valence-electron chi connectivity index (χ3n) is 5.51. The molecule has 0 saturated carbocycles. The molecule has 12 heteroatoms. The van der Waals surface area contributed by atoms with Crippen LogP contribution in [0.25, 0.3) is 5.65 Å². The summed E-state index contributed by atoms with van der Waals surface area (Å²) in [6, 6.07) is 3.13. The molecule has 1 saturated heterocycles. The van der Waals surface area contributed by atoms with E-state index in [9.17, 15) is 17.6 Å². The highest BCUT2D eigenvalue weighted by atomic mass is 19.4. The van der Waals surface area contributed by atoms with Gasteiger partial charge in [-0.05, 0) is 37.3 Å². The van der Waals surface area contributed by atoms with Crippen LogP contribution in [0.3, 0.4) is 0 Å². The molecule has 0 atom stereocenters. The summed E-state index contributed by atoms with van der Waals surface area (Å²) in [6.07, 6.45) is -1.17. The topological polar surface area (TPSA) is 75.3 Å². The van der Waals surface area contributed by atoms with Crippen molar-refractivity contribution in [3.05, 3.63) is 35.8 Å². The Labute approximate surface area is 175 Å². The molecule has 0 N–H and O–H groups in total. The van der Waals surface area contributed by atoms with Gasteiger partial charge in [0.1, 0.15) is 12.1 Å². The molecule has 0 spiro atoms. The summed E-state index contributed by atoms with van der Waals surface area (Å²) in [5.41, 5.74) is 0.436. The Morgan fingerprint density at radius 3 is 2.55 bits per heavy atom. The highest BCUT2D eigenvalue weighted by Gasteiger charge is 2.38. The van der Waals surface area contributed by atoms with Crippen LogP contribution >= 0.6 is 0 Å². The van der Waals surface area contributed by atoms with Gasteiger partial charge in [-0.2, -0.15) is 17.7 Å². The molecule has 3 aromatic rings. The number of aromatic nitrogens is 6. The van der Waals surface area contributed by atoms with Crippen LogP contribution in [0.2, 0.25) is 0 Å². The zero-order valence-electron chi connectivity index (χ0n) is 17.1. The Bertz CT molecular complexity index is 1060. The third kappa shape index (κ3) is 4.23. The second kappa shape index (κ2) is 8.23.